The Bertz CT molecular complexity index is 746. The molecule has 1 aromatic carbocycles. The van der Waals surface area contributed by atoms with Gasteiger partial charge in [-0.25, -0.2) is 4.98 Å². The summed E-state index contributed by atoms with van der Waals surface area (Å²) in [4.78, 5) is 16.0. The lowest BCUT2D eigenvalue weighted by Crippen LogP contribution is -2.02. The molecule has 16 heavy (non-hydrogen) atoms. The molecule has 2 aromatic heterocycles. The van der Waals surface area contributed by atoms with E-state index in [1.165, 1.54) is 12.1 Å². The molecule has 0 saturated heterocycles. The number of aromatic nitrogens is 1. The third-order valence-electron chi connectivity index (χ3n) is 2.43. The maximum absolute atomic E-state index is 12.0. The normalized spacial score (nSPS) is 11.0. The number of hydrogen-bond donors (Lipinski definition) is 1. The Morgan fingerprint density at radius 3 is 2.94 bits per heavy atom. The Hall–Kier alpha value is -2.36. The molecule has 0 unspecified atom stereocenters. The van der Waals surface area contributed by atoms with E-state index in [2.05, 4.69) is 4.98 Å². The van der Waals surface area contributed by atoms with Crippen LogP contribution in [0.5, 0.6) is 5.75 Å². The first-order valence-electron chi connectivity index (χ1n) is 4.76. The lowest BCUT2D eigenvalue weighted by atomic mass is 10.2. The van der Waals surface area contributed by atoms with E-state index in [0.29, 0.717) is 16.4 Å². The SMILES string of the molecule is O=c1c2ccc(O)cc2oc2ncccc12. The average Bonchev–Trinajstić information content (AvgIpc) is 2.29. The first-order valence-corrected chi connectivity index (χ1v) is 4.76. The van der Waals surface area contributed by atoms with Crippen molar-refractivity contribution >= 4 is 22.1 Å². The smallest absolute Gasteiger partial charge is 0.230 e. The number of pyridine rings is 1. The number of fused-ring (bicyclic) bond motifs is 2. The average molecular weight is 213 g/mol. The number of phenolic OH excluding ortho intramolecular Hbond substituents is 1. The summed E-state index contributed by atoms with van der Waals surface area (Å²) in [5.74, 6) is 0.0610. The van der Waals surface area contributed by atoms with Gasteiger partial charge in [0.15, 0.2) is 0 Å². The van der Waals surface area contributed by atoms with Gasteiger partial charge in [-0.05, 0) is 24.3 Å². The van der Waals surface area contributed by atoms with Gasteiger partial charge in [-0.15, -0.1) is 0 Å². The predicted molar refractivity (Wildman–Crippen MR) is 59.4 cm³/mol. The largest absolute Gasteiger partial charge is 0.508 e. The van der Waals surface area contributed by atoms with Crippen molar-refractivity contribution in [2.75, 3.05) is 0 Å². The van der Waals surface area contributed by atoms with E-state index < -0.39 is 0 Å². The van der Waals surface area contributed by atoms with Crippen LogP contribution in [0.3, 0.4) is 0 Å². The summed E-state index contributed by atoms with van der Waals surface area (Å²) in [6.07, 6.45) is 1.56. The molecule has 0 bridgehead atoms. The fourth-order valence-corrected chi connectivity index (χ4v) is 1.68. The van der Waals surface area contributed by atoms with Gasteiger partial charge in [0.05, 0.1) is 10.8 Å². The molecule has 0 aliphatic carbocycles. The van der Waals surface area contributed by atoms with Gasteiger partial charge in [0.25, 0.3) is 0 Å². The molecule has 0 radical (unpaired) electrons. The van der Waals surface area contributed by atoms with Gasteiger partial charge in [0.2, 0.25) is 11.1 Å². The zero-order chi connectivity index (χ0) is 11.1. The monoisotopic (exact) mass is 213 g/mol. The van der Waals surface area contributed by atoms with E-state index >= 15 is 0 Å². The zero-order valence-corrected chi connectivity index (χ0v) is 8.18. The molecule has 0 spiro atoms. The molecule has 4 nitrogen and oxygen atoms in total. The Balaban J connectivity index is 2.61. The van der Waals surface area contributed by atoms with Crippen LogP contribution >= 0.6 is 0 Å². The van der Waals surface area contributed by atoms with E-state index in [1.807, 2.05) is 0 Å². The van der Waals surface area contributed by atoms with E-state index in [1.54, 1.807) is 24.4 Å². The van der Waals surface area contributed by atoms with E-state index in [9.17, 15) is 9.90 Å². The van der Waals surface area contributed by atoms with Crippen LogP contribution in [-0.4, -0.2) is 10.1 Å². The zero-order valence-electron chi connectivity index (χ0n) is 8.18. The van der Waals surface area contributed by atoms with Crippen molar-refractivity contribution < 1.29 is 9.52 Å². The molecule has 0 amide bonds. The molecule has 2 heterocycles. The molecule has 1 N–H and O–H groups in total. The first kappa shape index (κ1) is 8.91. The fourth-order valence-electron chi connectivity index (χ4n) is 1.68. The van der Waals surface area contributed by atoms with Crippen LogP contribution in [0.2, 0.25) is 0 Å². The van der Waals surface area contributed by atoms with Gasteiger partial charge in [0, 0.05) is 12.3 Å². The van der Waals surface area contributed by atoms with Crippen molar-refractivity contribution in [2.24, 2.45) is 0 Å². The lowest BCUT2D eigenvalue weighted by molar-refractivity contribution is 0.474. The minimum absolute atomic E-state index is 0.0610. The van der Waals surface area contributed by atoms with Gasteiger partial charge < -0.3 is 9.52 Å². The first-order chi connectivity index (χ1) is 7.75. The highest BCUT2D eigenvalue weighted by Crippen LogP contribution is 2.20. The minimum Gasteiger partial charge on any atom is -0.508 e. The molecule has 78 valence electrons. The quantitative estimate of drug-likeness (QED) is 0.580. The van der Waals surface area contributed by atoms with Crippen LogP contribution in [0.25, 0.3) is 22.1 Å². The fraction of sp³-hybridized carbons (Fsp3) is 0. The van der Waals surface area contributed by atoms with Crippen molar-refractivity contribution in [3.63, 3.8) is 0 Å². The van der Waals surface area contributed by atoms with Crippen molar-refractivity contribution in [2.45, 2.75) is 0 Å². The standard InChI is InChI=1S/C12H7NO3/c14-7-3-4-8-10(6-7)16-12-9(11(8)15)2-1-5-13-12/h1-6,14H. The van der Waals surface area contributed by atoms with Crippen LogP contribution < -0.4 is 5.43 Å². The lowest BCUT2D eigenvalue weighted by Gasteiger charge is -2.00. The number of nitrogens with zero attached hydrogens (tertiary/aromatic N) is 1. The molecule has 3 rings (SSSR count). The molecule has 0 atom stereocenters. The van der Waals surface area contributed by atoms with Crippen molar-refractivity contribution in [1.82, 2.24) is 4.98 Å². The second-order valence-electron chi connectivity index (χ2n) is 3.47. The number of aromatic hydroxyl groups is 1. The second kappa shape index (κ2) is 3.06. The maximum atomic E-state index is 12.0. The van der Waals surface area contributed by atoms with Crippen LogP contribution in [0.4, 0.5) is 0 Å². The van der Waals surface area contributed by atoms with Crippen LogP contribution in [-0.2, 0) is 0 Å². The Morgan fingerprint density at radius 1 is 1.19 bits per heavy atom. The number of benzene rings is 1. The number of hydrogen-bond acceptors (Lipinski definition) is 4. The van der Waals surface area contributed by atoms with Crippen molar-refractivity contribution in [1.29, 1.82) is 0 Å². The van der Waals surface area contributed by atoms with Gasteiger partial charge in [-0.2, -0.15) is 0 Å². The third kappa shape index (κ3) is 1.16. The van der Waals surface area contributed by atoms with E-state index in [-0.39, 0.29) is 16.9 Å². The molecular formula is C12H7NO3. The van der Waals surface area contributed by atoms with E-state index in [4.69, 9.17) is 4.42 Å². The highest BCUT2D eigenvalue weighted by Gasteiger charge is 2.07. The summed E-state index contributed by atoms with van der Waals surface area (Å²) in [5, 5.41) is 10.2. The summed E-state index contributed by atoms with van der Waals surface area (Å²) >= 11 is 0. The van der Waals surface area contributed by atoms with E-state index in [0.717, 1.165) is 0 Å². The summed E-state index contributed by atoms with van der Waals surface area (Å²) in [5.41, 5.74) is 0.492. The highest BCUT2D eigenvalue weighted by atomic mass is 16.3. The van der Waals surface area contributed by atoms with Gasteiger partial charge in [0.1, 0.15) is 11.3 Å². The number of rotatable bonds is 0. The second-order valence-corrected chi connectivity index (χ2v) is 3.47. The third-order valence-corrected chi connectivity index (χ3v) is 2.43. The molecule has 0 fully saturated rings. The van der Waals surface area contributed by atoms with Gasteiger partial charge >= 0.3 is 0 Å². The van der Waals surface area contributed by atoms with Gasteiger partial charge in [-0.1, -0.05) is 0 Å². The van der Waals surface area contributed by atoms with Crippen LogP contribution in [0.15, 0.2) is 45.7 Å². The molecule has 0 aliphatic heterocycles. The molecular weight excluding hydrogens is 206 g/mol. The van der Waals surface area contributed by atoms with Gasteiger partial charge in [-0.3, -0.25) is 4.79 Å². The van der Waals surface area contributed by atoms with Crippen LogP contribution in [0.1, 0.15) is 0 Å². The molecule has 4 heteroatoms. The minimum atomic E-state index is -0.135. The van der Waals surface area contributed by atoms with Crippen LogP contribution in [0, 0.1) is 0 Å². The Kier molecular flexibility index (Phi) is 1.71. The highest BCUT2D eigenvalue weighted by molar-refractivity contribution is 5.88. The molecule has 0 saturated carbocycles. The molecule has 3 aromatic rings. The summed E-state index contributed by atoms with van der Waals surface area (Å²) in [6, 6.07) is 7.77. The Morgan fingerprint density at radius 2 is 2.06 bits per heavy atom. The Labute approximate surface area is 89.8 Å². The maximum Gasteiger partial charge on any atom is 0.230 e. The summed E-state index contributed by atoms with van der Waals surface area (Å²) in [6.45, 7) is 0. The predicted octanol–water partition coefficient (Wildman–Crippen LogP) is 2.05. The van der Waals surface area contributed by atoms with Crippen molar-refractivity contribution in [3.8, 4) is 5.75 Å². The summed E-state index contributed by atoms with van der Waals surface area (Å²) < 4.78 is 5.44. The number of phenols is 1. The summed E-state index contributed by atoms with van der Waals surface area (Å²) in [7, 11) is 0. The van der Waals surface area contributed by atoms with Crippen molar-refractivity contribution in [3.05, 3.63) is 46.8 Å². The topological polar surface area (TPSA) is 63.3 Å². The molecule has 0 aliphatic rings.